The maximum atomic E-state index is 13.6. The molecule has 1 heterocycles. The molecule has 1 N–H and O–H groups in total. The number of carbonyl (C=O) groups is 1. The molecule has 1 aliphatic rings. The van der Waals surface area contributed by atoms with Crippen LogP contribution in [-0.2, 0) is 30.4 Å². The molecule has 30 heavy (non-hydrogen) atoms. The van der Waals surface area contributed by atoms with Gasteiger partial charge in [0.1, 0.15) is 23.7 Å². The second-order valence-electron chi connectivity index (χ2n) is 8.15. The van der Waals surface area contributed by atoms with Crippen LogP contribution in [0.15, 0.2) is 30.3 Å². The molecule has 0 saturated carbocycles. The van der Waals surface area contributed by atoms with Gasteiger partial charge in [-0.25, -0.2) is 0 Å². The highest BCUT2D eigenvalue weighted by atomic mass is 35.5. The van der Waals surface area contributed by atoms with E-state index in [0.717, 1.165) is 11.6 Å². The van der Waals surface area contributed by atoms with E-state index in [0.29, 0.717) is 22.8 Å². The summed E-state index contributed by atoms with van der Waals surface area (Å²) < 4.78 is 52.2. The molecule has 0 amide bonds. The maximum Gasteiger partial charge on any atom is 0.419 e. The lowest BCUT2D eigenvalue weighted by molar-refractivity contribution is -0.141. The Balaban J connectivity index is 1.87. The van der Waals surface area contributed by atoms with Crippen molar-refractivity contribution in [2.75, 3.05) is 0 Å². The summed E-state index contributed by atoms with van der Waals surface area (Å²) in [5, 5.41) is 9.46. The Labute approximate surface area is 177 Å². The molecule has 3 rings (SSSR count). The summed E-state index contributed by atoms with van der Waals surface area (Å²) in [6.45, 7) is 5.14. The van der Waals surface area contributed by atoms with Crippen LogP contribution in [0.5, 0.6) is 11.5 Å². The number of alkyl halides is 3. The highest BCUT2D eigenvalue weighted by Gasteiger charge is 2.36. The number of hydrogen-bond acceptors (Lipinski definition) is 3. The van der Waals surface area contributed by atoms with Crippen LogP contribution in [0.4, 0.5) is 13.2 Å². The maximum absolute atomic E-state index is 13.6. The molecule has 0 aliphatic carbocycles. The minimum atomic E-state index is -4.65. The lowest BCUT2D eigenvalue weighted by Gasteiger charge is -2.19. The topological polar surface area (TPSA) is 55.8 Å². The molecule has 0 saturated heterocycles. The molecule has 0 bridgehead atoms. The highest BCUT2D eigenvalue weighted by molar-refractivity contribution is 6.30. The van der Waals surface area contributed by atoms with Crippen molar-refractivity contribution in [3.05, 3.63) is 57.6 Å². The lowest BCUT2D eigenvalue weighted by Crippen LogP contribution is -2.25. The monoisotopic (exact) mass is 442 g/mol. The molecule has 8 heteroatoms. The summed E-state index contributed by atoms with van der Waals surface area (Å²) in [5.41, 5.74) is 0.359. The third-order valence-corrected chi connectivity index (χ3v) is 5.12. The molecule has 0 spiro atoms. The van der Waals surface area contributed by atoms with Gasteiger partial charge in [-0.1, -0.05) is 24.6 Å². The zero-order chi connectivity index (χ0) is 22.3. The van der Waals surface area contributed by atoms with Crippen molar-refractivity contribution in [3.63, 3.8) is 0 Å². The molecule has 0 fully saturated rings. The van der Waals surface area contributed by atoms with Gasteiger partial charge in [0, 0.05) is 17.0 Å². The second kappa shape index (κ2) is 8.02. The van der Waals surface area contributed by atoms with E-state index < -0.39 is 29.2 Å². The van der Waals surface area contributed by atoms with Crippen molar-refractivity contribution in [2.45, 2.75) is 52.0 Å². The van der Waals surface area contributed by atoms with Crippen LogP contribution in [0.2, 0.25) is 5.02 Å². The van der Waals surface area contributed by atoms with Crippen LogP contribution in [-0.4, -0.2) is 16.7 Å². The normalized spacial score (nSPS) is 16.0. The Hall–Kier alpha value is -2.41. The van der Waals surface area contributed by atoms with Crippen LogP contribution in [0, 0.1) is 5.92 Å². The summed E-state index contributed by atoms with van der Waals surface area (Å²) in [4.78, 5) is 11.0. The Morgan fingerprint density at radius 3 is 2.63 bits per heavy atom. The number of ether oxygens (including phenoxy) is 2. The molecule has 0 aromatic heterocycles. The fourth-order valence-electron chi connectivity index (χ4n) is 3.50. The Bertz CT molecular complexity index is 970. The third-order valence-electron chi connectivity index (χ3n) is 4.90. The molecule has 1 atom stereocenters. The molecule has 1 aliphatic heterocycles. The molecule has 0 unspecified atom stereocenters. The SMILES string of the molecule is C[C@@H](Cc1ccc(OCc2cc(Cl)cc3c2OC(C)(C)C3)c(C(F)(F)F)c1)C(=O)O. The zero-order valence-corrected chi connectivity index (χ0v) is 17.5. The number of rotatable bonds is 6. The van der Waals surface area contributed by atoms with Gasteiger partial charge < -0.3 is 14.6 Å². The predicted molar refractivity (Wildman–Crippen MR) is 106 cm³/mol. The van der Waals surface area contributed by atoms with Gasteiger partial charge in [-0.3, -0.25) is 4.79 Å². The van der Waals surface area contributed by atoms with Crippen LogP contribution in [0.1, 0.15) is 43.0 Å². The molecule has 2 aromatic rings. The average molecular weight is 443 g/mol. The van der Waals surface area contributed by atoms with Gasteiger partial charge in [0.05, 0.1) is 11.5 Å². The van der Waals surface area contributed by atoms with Crippen molar-refractivity contribution in [2.24, 2.45) is 5.92 Å². The van der Waals surface area contributed by atoms with E-state index in [2.05, 4.69) is 0 Å². The number of carboxylic acids is 1. The number of benzene rings is 2. The van der Waals surface area contributed by atoms with E-state index in [-0.39, 0.29) is 24.3 Å². The molecule has 0 radical (unpaired) electrons. The Morgan fingerprint density at radius 1 is 1.30 bits per heavy atom. The van der Waals surface area contributed by atoms with Crippen molar-refractivity contribution in [1.82, 2.24) is 0 Å². The van der Waals surface area contributed by atoms with Gasteiger partial charge in [-0.05, 0) is 55.7 Å². The van der Waals surface area contributed by atoms with E-state index in [1.165, 1.54) is 19.1 Å². The van der Waals surface area contributed by atoms with E-state index in [4.69, 9.17) is 26.2 Å². The number of fused-ring (bicyclic) bond motifs is 1. The van der Waals surface area contributed by atoms with E-state index in [1.54, 1.807) is 12.1 Å². The summed E-state index contributed by atoms with van der Waals surface area (Å²) in [6, 6.07) is 7.03. The molecular weight excluding hydrogens is 421 g/mol. The molecular formula is C22H22ClF3O4. The van der Waals surface area contributed by atoms with Crippen LogP contribution >= 0.6 is 11.6 Å². The summed E-state index contributed by atoms with van der Waals surface area (Å²) in [5.74, 6) is -1.61. The third kappa shape index (κ3) is 5.01. The number of aliphatic carboxylic acids is 1. The molecule has 4 nitrogen and oxygen atoms in total. The second-order valence-corrected chi connectivity index (χ2v) is 8.59. The van der Waals surface area contributed by atoms with Crippen molar-refractivity contribution in [1.29, 1.82) is 0 Å². The first kappa shape index (κ1) is 22.3. The Morgan fingerprint density at radius 2 is 2.00 bits per heavy atom. The van der Waals surface area contributed by atoms with Gasteiger partial charge in [0.25, 0.3) is 0 Å². The number of halogens is 4. The first-order valence-corrected chi connectivity index (χ1v) is 9.79. The highest BCUT2D eigenvalue weighted by Crippen LogP contribution is 2.41. The van der Waals surface area contributed by atoms with Crippen LogP contribution in [0.3, 0.4) is 0 Å². The minimum absolute atomic E-state index is 0.0105. The fourth-order valence-corrected chi connectivity index (χ4v) is 3.76. The summed E-state index contributed by atoms with van der Waals surface area (Å²) in [6.07, 6.45) is -4.02. The quantitative estimate of drug-likeness (QED) is 0.603. The van der Waals surface area contributed by atoms with Crippen LogP contribution < -0.4 is 9.47 Å². The van der Waals surface area contributed by atoms with Gasteiger partial charge >= 0.3 is 12.1 Å². The number of carboxylic acid groups (broad SMARTS) is 1. The van der Waals surface area contributed by atoms with Gasteiger partial charge in [0.15, 0.2) is 0 Å². The van der Waals surface area contributed by atoms with Crippen molar-refractivity contribution >= 4 is 17.6 Å². The first-order valence-electron chi connectivity index (χ1n) is 9.42. The van der Waals surface area contributed by atoms with Crippen molar-refractivity contribution in [3.8, 4) is 11.5 Å². The first-order chi connectivity index (χ1) is 13.9. The zero-order valence-electron chi connectivity index (χ0n) is 16.8. The Kier molecular flexibility index (Phi) is 5.96. The minimum Gasteiger partial charge on any atom is -0.488 e. The number of hydrogen-bond donors (Lipinski definition) is 1. The van der Waals surface area contributed by atoms with E-state index in [9.17, 15) is 18.0 Å². The predicted octanol–water partition coefficient (Wildman–Crippen LogP) is 5.91. The standard InChI is InChI=1S/C22H22ClF3O4/c1-12(20(27)28)6-13-4-5-18(17(7-13)22(24,25)26)29-11-15-9-16(23)8-14-10-21(2,3)30-19(14)15/h4-5,7-9,12H,6,10-11H2,1-3H3,(H,27,28)/t12-/m0/s1. The van der Waals surface area contributed by atoms with Gasteiger partial charge in [-0.15, -0.1) is 0 Å². The molecule has 2 aromatic carbocycles. The largest absolute Gasteiger partial charge is 0.488 e. The van der Waals surface area contributed by atoms with Gasteiger partial charge in [-0.2, -0.15) is 13.2 Å². The lowest BCUT2D eigenvalue weighted by atomic mass is 9.99. The van der Waals surface area contributed by atoms with E-state index >= 15 is 0 Å². The van der Waals surface area contributed by atoms with Crippen molar-refractivity contribution < 1.29 is 32.5 Å². The fraction of sp³-hybridized carbons (Fsp3) is 0.409. The van der Waals surface area contributed by atoms with E-state index in [1.807, 2.05) is 13.8 Å². The molecule has 162 valence electrons. The smallest absolute Gasteiger partial charge is 0.419 e. The summed E-state index contributed by atoms with van der Waals surface area (Å²) in [7, 11) is 0. The van der Waals surface area contributed by atoms with Crippen LogP contribution in [0.25, 0.3) is 0 Å². The van der Waals surface area contributed by atoms with Gasteiger partial charge in [0.2, 0.25) is 0 Å². The average Bonchev–Trinajstić information content (AvgIpc) is 2.93. The summed E-state index contributed by atoms with van der Waals surface area (Å²) >= 11 is 6.16.